The van der Waals surface area contributed by atoms with Crippen molar-refractivity contribution in [3.63, 3.8) is 0 Å². The van der Waals surface area contributed by atoms with Crippen LogP contribution in [0.15, 0.2) is 41.0 Å². The molecule has 0 spiro atoms. The minimum Gasteiger partial charge on any atom is -0.464 e. The van der Waals surface area contributed by atoms with Crippen molar-refractivity contribution in [1.29, 1.82) is 0 Å². The second-order valence-electron chi connectivity index (χ2n) is 6.33. The van der Waals surface area contributed by atoms with Crippen molar-refractivity contribution < 1.29 is 9.21 Å². The fourth-order valence-corrected chi connectivity index (χ4v) is 3.84. The van der Waals surface area contributed by atoms with Crippen LogP contribution in [-0.2, 0) is 11.2 Å². The number of nitrogens with zero attached hydrogens (tertiary/aromatic N) is 1. The first-order chi connectivity index (χ1) is 12.0. The summed E-state index contributed by atoms with van der Waals surface area (Å²) in [7, 11) is 0. The number of fused-ring (bicyclic) bond motifs is 2. The molecule has 4 rings (SSSR count). The molecule has 25 heavy (non-hydrogen) atoms. The monoisotopic (exact) mass is 350 g/mol. The lowest BCUT2D eigenvalue weighted by Gasteiger charge is -2.05. The molecule has 2 aromatic carbocycles. The smallest absolute Gasteiger partial charge is 0.228 e. The first kappa shape index (κ1) is 15.8. The Balaban J connectivity index is 1.56. The zero-order valence-corrected chi connectivity index (χ0v) is 15.2. The Hall–Kier alpha value is -2.66. The molecule has 0 aliphatic carbocycles. The van der Waals surface area contributed by atoms with Gasteiger partial charge in [0.2, 0.25) is 5.91 Å². The second-order valence-corrected chi connectivity index (χ2v) is 7.57. The molecule has 1 amide bonds. The average Bonchev–Trinajstić information content (AvgIpc) is 3.10. The largest absolute Gasteiger partial charge is 0.464 e. The Morgan fingerprint density at radius 3 is 2.80 bits per heavy atom. The van der Waals surface area contributed by atoms with Gasteiger partial charge in [-0.25, -0.2) is 4.98 Å². The summed E-state index contributed by atoms with van der Waals surface area (Å²) in [4.78, 5) is 16.9. The molecule has 0 fully saturated rings. The highest BCUT2D eigenvalue weighted by molar-refractivity contribution is 7.18. The van der Waals surface area contributed by atoms with Gasteiger partial charge >= 0.3 is 0 Å². The number of benzene rings is 2. The summed E-state index contributed by atoms with van der Waals surface area (Å²) in [5.74, 6) is -0.0542. The number of nitrogens with one attached hydrogen (secondary N) is 1. The van der Waals surface area contributed by atoms with Gasteiger partial charge in [0.15, 0.2) is 0 Å². The average molecular weight is 350 g/mol. The molecule has 2 heterocycles. The van der Waals surface area contributed by atoms with E-state index in [1.165, 1.54) is 11.1 Å². The number of anilines is 1. The van der Waals surface area contributed by atoms with E-state index in [1.807, 2.05) is 31.2 Å². The first-order valence-corrected chi connectivity index (χ1v) is 8.95. The number of aromatic nitrogens is 1. The lowest BCUT2D eigenvalue weighted by molar-refractivity contribution is -0.115. The number of carbonyl (C=O) groups is 1. The van der Waals surface area contributed by atoms with E-state index < -0.39 is 0 Å². The third-order valence-corrected chi connectivity index (χ3v) is 5.33. The van der Waals surface area contributed by atoms with Crippen LogP contribution in [0.3, 0.4) is 0 Å². The summed E-state index contributed by atoms with van der Waals surface area (Å²) in [6.45, 7) is 6.11. The summed E-state index contributed by atoms with van der Waals surface area (Å²) >= 11 is 1.63. The molecule has 4 nitrogen and oxygen atoms in total. The number of hydrogen-bond donors (Lipinski definition) is 1. The van der Waals surface area contributed by atoms with Gasteiger partial charge in [-0.05, 0) is 62.2 Å². The number of amides is 1. The number of aryl methyl sites for hydroxylation is 3. The summed E-state index contributed by atoms with van der Waals surface area (Å²) in [6, 6.07) is 9.90. The number of rotatable bonds is 3. The molecule has 0 radical (unpaired) electrons. The van der Waals surface area contributed by atoms with E-state index in [-0.39, 0.29) is 12.3 Å². The van der Waals surface area contributed by atoms with Crippen molar-refractivity contribution >= 4 is 44.1 Å². The highest BCUT2D eigenvalue weighted by Gasteiger charge is 2.12. The maximum absolute atomic E-state index is 12.5. The maximum atomic E-state index is 12.5. The number of hydrogen-bond acceptors (Lipinski definition) is 4. The van der Waals surface area contributed by atoms with Crippen molar-refractivity contribution in [2.24, 2.45) is 0 Å². The third-order valence-electron chi connectivity index (χ3n) is 4.40. The van der Waals surface area contributed by atoms with E-state index in [9.17, 15) is 4.79 Å². The number of carbonyl (C=O) groups excluding carboxylic acids is 1. The Kier molecular flexibility index (Phi) is 3.81. The van der Waals surface area contributed by atoms with E-state index in [2.05, 4.69) is 30.2 Å². The molecule has 0 aliphatic rings. The zero-order valence-electron chi connectivity index (χ0n) is 14.3. The van der Waals surface area contributed by atoms with Crippen LogP contribution < -0.4 is 5.32 Å². The minimum absolute atomic E-state index is 0.0542. The molecule has 2 aromatic heterocycles. The van der Waals surface area contributed by atoms with Gasteiger partial charge in [0.25, 0.3) is 0 Å². The lowest BCUT2D eigenvalue weighted by Crippen LogP contribution is -2.14. The first-order valence-electron chi connectivity index (χ1n) is 8.14. The van der Waals surface area contributed by atoms with Gasteiger partial charge in [-0.2, -0.15) is 0 Å². The predicted molar refractivity (Wildman–Crippen MR) is 102 cm³/mol. The van der Waals surface area contributed by atoms with Crippen molar-refractivity contribution in [1.82, 2.24) is 4.98 Å². The number of thiazole rings is 1. The van der Waals surface area contributed by atoms with Gasteiger partial charge < -0.3 is 9.73 Å². The third kappa shape index (κ3) is 3.03. The Bertz CT molecular complexity index is 1110. The summed E-state index contributed by atoms with van der Waals surface area (Å²) < 4.78 is 6.69. The Labute approximate surface area is 149 Å². The quantitative estimate of drug-likeness (QED) is 0.556. The molecule has 1 N–H and O–H groups in total. The standard InChI is InChI=1S/C20H18N2O2S/c1-11-6-16-14(10-24-18(16)7-12(11)2)8-20(23)22-15-4-5-17-19(9-15)25-13(3)21-17/h4-7,9-10H,8H2,1-3H3,(H,22,23). The number of furan rings is 1. The molecule has 5 heteroatoms. The van der Waals surface area contributed by atoms with Gasteiger partial charge in [-0.3, -0.25) is 4.79 Å². The van der Waals surface area contributed by atoms with Crippen LogP contribution >= 0.6 is 11.3 Å². The fourth-order valence-electron chi connectivity index (χ4n) is 2.97. The normalized spacial score (nSPS) is 11.3. The molecule has 0 saturated carbocycles. The summed E-state index contributed by atoms with van der Waals surface area (Å²) in [6.07, 6.45) is 1.97. The predicted octanol–water partition coefficient (Wildman–Crippen LogP) is 5.15. The van der Waals surface area contributed by atoms with Crippen LogP contribution in [0, 0.1) is 20.8 Å². The van der Waals surface area contributed by atoms with Crippen LogP contribution in [0.4, 0.5) is 5.69 Å². The van der Waals surface area contributed by atoms with Crippen molar-refractivity contribution in [3.8, 4) is 0 Å². The molecular weight excluding hydrogens is 332 g/mol. The van der Waals surface area contributed by atoms with Crippen LogP contribution in [0.1, 0.15) is 21.7 Å². The van der Waals surface area contributed by atoms with Gasteiger partial charge in [-0.15, -0.1) is 11.3 Å². The van der Waals surface area contributed by atoms with E-state index in [0.29, 0.717) is 0 Å². The molecule has 4 aromatic rings. The Morgan fingerprint density at radius 1 is 1.16 bits per heavy atom. The van der Waals surface area contributed by atoms with Crippen LogP contribution in [0.25, 0.3) is 21.2 Å². The summed E-state index contributed by atoms with van der Waals surface area (Å²) in [5.41, 5.74) is 5.87. The molecule has 0 atom stereocenters. The van der Waals surface area contributed by atoms with Crippen LogP contribution in [0.2, 0.25) is 0 Å². The second kappa shape index (κ2) is 6.01. The van der Waals surface area contributed by atoms with Gasteiger partial charge in [0.05, 0.1) is 27.9 Å². The highest BCUT2D eigenvalue weighted by Crippen LogP contribution is 2.27. The highest BCUT2D eigenvalue weighted by atomic mass is 32.1. The van der Waals surface area contributed by atoms with Crippen LogP contribution in [0.5, 0.6) is 0 Å². The van der Waals surface area contributed by atoms with Crippen molar-refractivity contribution in [3.05, 3.63) is 58.3 Å². The molecule has 0 saturated heterocycles. The zero-order chi connectivity index (χ0) is 17.6. The topological polar surface area (TPSA) is 55.1 Å². The van der Waals surface area contributed by atoms with E-state index >= 15 is 0 Å². The SMILES string of the molecule is Cc1nc2ccc(NC(=O)Cc3coc4cc(C)c(C)cc34)cc2s1. The lowest BCUT2D eigenvalue weighted by atomic mass is 10.0. The molecule has 126 valence electrons. The fraction of sp³-hybridized carbons (Fsp3) is 0.200. The molecule has 0 aliphatic heterocycles. The van der Waals surface area contributed by atoms with Gasteiger partial charge in [-0.1, -0.05) is 0 Å². The summed E-state index contributed by atoms with van der Waals surface area (Å²) in [5, 5.41) is 5.00. The Morgan fingerprint density at radius 2 is 1.96 bits per heavy atom. The molecule has 0 bridgehead atoms. The van der Waals surface area contributed by atoms with Gasteiger partial charge in [0.1, 0.15) is 5.58 Å². The molecule has 0 unspecified atom stereocenters. The van der Waals surface area contributed by atoms with Crippen molar-refractivity contribution in [2.75, 3.05) is 5.32 Å². The van der Waals surface area contributed by atoms with Crippen LogP contribution in [-0.4, -0.2) is 10.9 Å². The van der Waals surface area contributed by atoms with E-state index in [4.69, 9.17) is 4.42 Å². The van der Waals surface area contributed by atoms with E-state index in [1.54, 1.807) is 17.6 Å². The molecular formula is C20H18N2O2S. The van der Waals surface area contributed by atoms with E-state index in [0.717, 1.165) is 37.4 Å². The van der Waals surface area contributed by atoms with Gasteiger partial charge in [0, 0.05) is 16.6 Å². The maximum Gasteiger partial charge on any atom is 0.228 e. The van der Waals surface area contributed by atoms with Crippen molar-refractivity contribution in [2.45, 2.75) is 27.2 Å². The minimum atomic E-state index is -0.0542.